The summed E-state index contributed by atoms with van der Waals surface area (Å²) < 4.78 is 6.39. The van der Waals surface area contributed by atoms with Gasteiger partial charge in [-0.1, -0.05) is 0 Å². The maximum atomic E-state index is 11.6. The second-order valence-corrected chi connectivity index (χ2v) is 5.24. The fourth-order valence-electron chi connectivity index (χ4n) is 2.74. The summed E-state index contributed by atoms with van der Waals surface area (Å²) >= 11 is 0. The summed E-state index contributed by atoms with van der Waals surface area (Å²) in [6.45, 7) is 4.45. The molecule has 1 aromatic heterocycles. The molecule has 1 atom stereocenters. The van der Waals surface area contributed by atoms with Gasteiger partial charge in [0.15, 0.2) is 5.82 Å². The van der Waals surface area contributed by atoms with Crippen molar-refractivity contribution in [3.63, 3.8) is 0 Å². The minimum absolute atomic E-state index is 0.00836. The van der Waals surface area contributed by atoms with E-state index in [4.69, 9.17) is 4.74 Å². The summed E-state index contributed by atoms with van der Waals surface area (Å²) in [6.07, 6.45) is 3.06. The molecule has 1 saturated heterocycles. The smallest absolute Gasteiger partial charge is 0.342 e. The first kappa shape index (κ1) is 15.4. The normalized spacial score (nSPS) is 19.4. The maximum Gasteiger partial charge on any atom is 0.342 e. The lowest BCUT2D eigenvalue weighted by Crippen LogP contribution is -2.40. The maximum absolute atomic E-state index is 11.6. The highest BCUT2D eigenvalue weighted by Gasteiger charge is 2.27. The van der Waals surface area contributed by atoms with Crippen LogP contribution in [0.2, 0.25) is 0 Å². The molecule has 1 aliphatic heterocycles. The topological polar surface area (TPSA) is 90.5 Å². The van der Waals surface area contributed by atoms with Gasteiger partial charge in [0.05, 0.1) is 13.0 Å². The van der Waals surface area contributed by atoms with E-state index in [0.29, 0.717) is 25.5 Å². The van der Waals surface area contributed by atoms with Crippen LogP contribution in [0.25, 0.3) is 0 Å². The molecular formula is C13H20N4O4. The number of nitro groups is 1. The average molecular weight is 296 g/mol. The fraction of sp³-hybridized carbons (Fsp3) is 0.692. The highest BCUT2D eigenvalue weighted by Crippen LogP contribution is 2.19. The van der Waals surface area contributed by atoms with Gasteiger partial charge in [-0.25, -0.2) is 9.55 Å². The molecule has 0 aromatic carbocycles. The van der Waals surface area contributed by atoms with E-state index in [1.807, 2.05) is 0 Å². The van der Waals surface area contributed by atoms with Crippen LogP contribution in [0.1, 0.15) is 18.7 Å². The van der Waals surface area contributed by atoms with Gasteiger partial charge in [-0.15, -0.1) is 0 Å². The third kappa shape index (κ3) is 3.57. The van der Waals surface area contributed by atoms with E-state index in [-0.39, 0.29) is 17.7 Å². The van der Waals surface area contributed by atoms with Crippen molar-refractivity contribution in [2.75, 3.05) is 26.7 Å². The molecule has 21 heavy (non-hydrogen) atoms. The van der Waals surface area contributed by atoms with Crippen molar-refractivity contribution in [2.45, 2.75) is 26.3 Å². The molecule has 8 nitrogen and oxygen atoms in total. The van der Waals surface area contributed by atoms with Gasteiger partial charge in [-0.2, -0.15) is 0 Å². The lowest BCUT2D eigenvalue weighted by Gasteiger charge is -2.30. The van der Waals surface area contributed by atoms with Crippen LogP contribution in [0.5, 0.6) is 0 Å². The Hall–Kier alpha value is -1.96. The second kappa shape index (κ2) is 6.66. The third-order valence-corrected chi connectivity index (χ3v) is 3.90. The van der Waals surface area contributed by atoms with Gasteiger partial charge in [-0.3, -0.25) is 9.69 Å². The average Bonchev–Trinajstić information content (AvgIpc) is 2.85. The standard InChI is InChI=1S/C13H20N4O4/c1-10-14-8-12(17(19)20)16(10)7-6-15-5-3-4-11(9-15)13(18)21-2/h8,11H,3-7,9H2,1-2H3. The molecule has 1 aromatic rings. The predicted octanol–water partition coefficient (Wildman–Crippen LogP) is 0.985. The summed E-state index contributed by atoms with van der Waals surface area (Å²) in [6, 6.07) is 0. The first-order valence-electron chi connectivity index (χ1n) is 6.99. The molecule has 1 aliphatic rings. The molecule has 116 valence electrons. The SMILES string of the molecule is COC(=O)C1CCCN(CCn2c([N+](=O)[O-])cnc2C)C1. The van der Waals surface area contributed by atoms with Gasteiger partial charge < -0.3 is 14.9 Å². The number of carbonyl (C=O) groups is 1. The number of aryl methyl sites for hydroxylation is 1. The number of hydrogen-bond acceptors (Lipinski definition) is 6. The molecular weight excluding hydrogens is 276 g/mol. The van der Waals surface area contributed by atoms with E-state index in [1.54, 1.807) is 11.5 Å². The molecule has 2 heterocycles. The summed E-state index contributed by atoms with van der Waals surface area (Å²) in [5.74, 6) is 0.365. The Balaban J connectivity index is 1.95. The largest absolute Gasteiger partial charge is 0.469 e. The van der Waals surface area contributed by atoms with Gasteiger partial charge in [0.2, 0.25) is 0 Å². The number of hydrogen-bond donors (Lipinski definition) is 0. The Bertz CT molecular complexity index is 528. The number of methoxy groups -OCH3 is 1. The summed E-state index contributed by atoms with van der Waals surface area (Å²) in [4.78, 5) is 28.2. The molecule has 0 bridgehead atoms. The van der Waals surface area contributed by atoms with E-state index in [2.05, 4.69) is 9.88 Å². The van der Waals surface area contributed by atoms with Crippen LogP contribution in [-0.4, -0.2) is 52.1 Å². The molecule has 0 spiro atoms. The Morgan fingerprint density at radius 3 is 3.00 bits per heavy atom. The molecule has 0 radical (unpaired) electrons. The summed E-state index contributed by atoms with van der Waals surface area (Å²) in [5, 5.41) is 10.9. The van der Waals surface area contributed by atoms with E-state index in [9.17, 15) is 14.9 Å². The fourth-order valence-corrected chi connectivity index (χ4v) is 2.74. The molecule has 0 saturated carbocycles. The van der Waals surface area contributed by atoms with Crippen molar-refractivity contribution in [1.29, 1.82) is 0 Å². The number of carbonyl (C=O) groups excluding carboxylic acids is 1. The third-order valence-electron chi connectivity index (χ3n) is 3.90. The first-order valence-corrected chi connectivity index (χ1v) is 6.99. The number of nitrogens with zero attached hydrogens (tertiary/aromatic N) is 4. The highest BCUT2D eigenvalue weighted by atomic mass is 16.6. The Morgan fingerprint density at radius 2 is 2.33 bits per heavy atom. The first-order chi connectivity index (χ1) is 10.0. The van der Waals surface area contributed by atoms with Crippen molar-refractivity contribution in [3.8, 4) is 0 Å². The van der Waals surface area contributed by atoms with Crippen LogP contribution in [0, 0.1) is 23.0 Å². The van der Waals surface area contributed by atoms with Gasteiger partial charge in [-0.05, 0) is 24.3 Å². The lowest BCUT2D eigenvalue weighted by molar-refractivity contribution is -0.392. The van der Waals surface area contributed by atoms with Gasteiger partial charge in [0.25, 0.3) is 0 Å². The Kier molecular flexibility index (Phi) is 4.89. The molecule has 8 heteroatoms. The zero-order valence-electron chi connectivity index (χ0n) is 12.3. The van der Waals surface area contributed by atoms with Crippen molar-refractivity contribution < 1.29 is 14.5 Å². The Morgan fingerprint density at radius 1 is 1.57 bits per heavy atom. The molecule has 1 unspecified atom stereocenters. The van der Waals surface area contributed by atoms with E-state index < -0.39 is 4.92 Å². The quantitative estimate of drug-likeness (QED) is 0.457. The van der Waals surface area contributed by atoms with Gasteiger partial charge in [0.1, 0.15) is 12.7 Å². The molecule has 0 N–H and O–H groups in total. The van der Waals surface area contributed by atoms with Gasteiger partial charge >= 0.3 is 11.8 Å². The number of likely N-dealkylation sites (tertiary alicyclic amines) is 1. The van der Waals surface area contributed by atoms with Crippen molar-refractivity contribution in [1.82, 2.24) is 14.5 Å². The van der Waals surface area contributed by atoms with Crippen molar-refractivity contribution >= 4 is 11.8 Å². The number of aromatic nitrogens is 2. The van der Waals surface area contributed by atoms with E-state index >= 15 is 0 Å². The predicted molar refractivity (Wildman–Crippen MR) is 74.8 cm³/mol. The Labute approximate surface area is 122 Å². The molecule has 0 amide bonds. The highest BCUT2D eigenvalue weighted by molar-refractivity contribution is 5.72. The van der Waals surface area contributed by atoms with Crippen LogP contribution >= 0.6 is 0 Å². The van der Waals surface area contributed by atoms with Crippen LogP contribution in [0.3, 0.4) is 0 Å². The molecule has 2 rings (SSSR count). The number of ether oxygens (including phenoxy) is 1. The lowest BCUT2D eigenvalue weighted by atomic mass is 9.98. The minimum Gasteiger partial charge on any atom is -0.469 e. The summed E-state index contributed by atoms with van der Waals surface area (Å²) in [5.41, 5.74) is 0. The van der Waals surface area contributed by atoms with E-state index in [0.717, 1.165) is 19.4 Å². The number of imidazole rings is 1. The second-order valence-electron chi connectivity index (χ2n) is 5.24. The number of esters is 1. The summed E-state index contributed by atoms with van der Waals surface area (Å²) in [7, 11) is 1.40. The van der Waals surface area contributed by atoms with Crippen LogP contribution in [-0.2, 0) is 16.1 Å². The molecule has 1 fully saturated rings. The molecule has 0 aliphatic carbocycles. The van der Waals surface area contributed by atoms with E-state index in [1.165, 1.54) is 13.3 Å². The van der Waals surface area contributed by atoms with Crippen LogP contribution < -0.4 is 0 Å². The van der Waals surface area contributed by atoms with Crippen molar-refractivity contribution in [2.24, 2.45) is 5.92 Å². The number of rotatable bonds is 5. The minimum atomic E-state index is -0.423. The zero-order chi connectivity index (χ0) is 15.4. The van der Waals surface area contributed by atoms with Gasteiger partial charge in [0, 0.05) is 20.0 Å². The van der Waals surface area contributed by atoms with Crippen molar-refractivity contribution in [3.05, 3.63) is 22.1 Å². The zero-order valence-corrected chi connectivity index (χ0v) is 12.3. The monoisotopic (exact) mass is 296 g/mol. The van der Waals surface area contributed by atoms with Crippen LogP contribution in [0.15, 0.2) is 6.20 Å². The number of piperidine rings is 1. The van der Waals surface area contributed by atoms with Crippen LogP contribution in [0.4, 0.5) is 5.82 Å².